The van der Waals surface area contributed by atoms with E-state index in [2.05, 4.69) is 6.58 Å². The molecule has 6 unspecified atom stereocenters. The molecule has 3 saturated heterocycles. The topological polar surface area (TPSA) is 88.1 Å². The van der Waals surface area contributed by atoms with Crippen LogP contribution in [0.15, 0.2) is 12.2 Å². The molecule has 0 spiro atoms. The second kappa shape index (κ2) is 4.84. The first-order valence-electron chi connectivity index (χ1n) is 6.81. The van der Waals surface area contributed by atoms with E-state index < -0.39 is 30.3 Å². The van der Waals surface area contributed by atoms with Crippen molar-refractivity contribution in [3.05, 3.63) is 12.2 Å². The first-order chi connectivity index (χ1) is 9.88. The fourth-order valence-electron chi connectivity index (χ4n) is 2.92. The predicted molar refractivity (Wildman–Crippen MR) is 66.9 cm³/mol. The van der Waals surface area contributed by atoms with Crippen LogP contribution < -0.4 is 0 Å². The highest BCUT2D eigenvalue weighted by Crippen LogP contribution is 2.47. The number of fused-ring (bicyclic) bond motifs is 1. The lowest BCUT2D eigenvalue weighted by atomic mass is 9.88. The summed E-state index contributed by atoms with van der Waals surface area (Å²) in [6.07, 6.45) is -2.39. The van der Waals surface area contributed by atoms with Crippen LogP contribution >= 0.6 is 0 Å². The SMILES string of the molecule is C=C(C)C(=O)OC(C)C(=O)OC1C2CC3C(=O)OC1C3O2. The predicted octanol–water partition coefficient (Wildman–Crippen LogP) is 0.119. The van der Waals surface area contributed by atoms with Gasteiger partial charge in [-0.15, -0.1) is 0 Å². The molecule has 6 atom stereocenters. The summed E-state index contributed by atoms with van der Waals surface area (Å²) in [6, 6.07) is 0. The van der Waals surface area contributed by atoms with Gasteiger partial charge in [0.2, 0.25) is 0 Å². The second-order valence-corrected chi connectivity index (χ2v) is 5.61. The molecular weight excluding hydrogens is 280 g/mol. The number of hydrogen-bond acceptors (Lipinski definition) is 7. The van der Waals surface area contributed by atoms with Gasteiger partial charge >= 0.3 is 17.9 Å². The van der Waals surface area contributed by atoms with Crippen LogP contribution in [0.4, 0.5) is 0 Å². The van der Waals surface area contributed by atoms with Gasteiger partial charge in [0, 0.05) is 5.57 Å². The molecule has 3 rings (SSSR count). The Morgan fingerprint density at radius 2 is 2.10 bits per heavy atom. The van der Waals surface area contributed by atoms with Crippen molar-refractivity contribution in [2.45, 2.75) is 50.8 Å². The standard InChI is InChI=1S/C14H16O7/c1-5(2)12(15)18-6(3)13(16)20-10-8-4-7-9(19-8)11(10)21-14(7)17/h6-11H,1,4H2,2-3H3. The number of hydrogen-bond donors (Lipinski definition) is 0. The highest BCUT2D eigenvalue weighted by molar-refractivity contribution is 5.89. The third-order valence-electron chi connectivity index (χ3n) is 4.00. The number of carbonyl (C=O) groups excluding carboxylic acids is 3. The fourth-order valence-corrected chi connectivity index (χ4v) is 2.92. The minimum Gasteiger partial charge on any atom is -0.455 e. The normalized spacial score (nSPS) is 37.0. The van der Waals surface area contributed by atoms with Crippen molar-refractivity contribution in [3.8, 4) is 0 Å². The van der Waals surface area contributed by atoms with Gasteiger partial charge in [-0.25, -0.2) is 9.59 Å². The van der Waals surface area contributed by atoms with Gasteiger partial charge in [-0.3, -0.25) is 4.79 Å². The van der Waals surface area contributed by atoms with E-state index in [-0.39, 0.29) is 29.7 Å². The lowest BCUT2D eigenvalue weighted by molar-refractivity contribution is -0.174. The molecule has 3 aliphatic heterocycles. The zero-order valence-electron chi connectivity index (χ0n) is 11.7. The Morgan fingerprint density at radius 3 is 2.76 bits per heavy atom. The number of rotatable bonds is 4. The van der Waals surface area contributed by atoms with Crippen molar-refractivity contribution in [2.75, 3.05) is 0 Å². The molecule has 0 aromatic carbocycles. The molecule has 21 heavy (non-hydrogen) atoms. The van der Waals surface area contributed by atoms with Crippen molar-refractivity contribution in [3.63, 3.8) is 0 Å². The zero-order chi connectivity index (χ0) is 15.3. The zero-order valence-corrected chi connectivity index (χ0v) is 11.7. The van der Waals surface area contributed by atoms with Gasteiger partial charge in [0.15, 0.2) is 18.3 Å². The smallest absolute Gasteiger partial charge is 0.347 e. The van der Waals surface area contributed by atoms with E-state index in [1.54, 1.807) is 0 Å². The first-order valence-corrected chi connectivity index (χ1v) is 6.81. The van der Waals surface area contributed by atoms with Gasteiger partial charge in [0.05, 0.1) is 12.0 Å². The average Bonchev–Trinajstić information content (AvgIpc) is 3.02. The van der Waals surface area contributed by atoms with Gasteiger partial charge in [0.1, 0.15) is 6.10 Å². The lowest BCUT2D eigenvalue weighted by Gasteiger charge is -2.23. The van der Waals surface area contributed by atoms with Crippen molar-refractivity contribution in [1.29, 1.82) is 0 Å². The summed E-state index contributed by atoms with van der Waals surface area (Å²) in [5, 5.41) is 0. The first kappa shape index (κ1) is 14.1. The van der Waals surface area contributed by atoms with Gasteiger partial charge < -0.3 is 18.9 Å². The Morgan fingerprint density at radius 1 is 1.38 bits per heavy atom. The van der Waals surface area contributed by atoms with Gasteiger partial charge in [-0.1, -0.05) is 6.58 Å². The highest BCUT2D eigenvalue weighted by atomic mass is 16.7. The second-order valence-electron chi connectivity index (χ2n) is 5.61. The Labute approximate surface area is 121 Å². The van der Waals surface area contributed by atoms with E-state index in [1.165, 1.54) is 13.8 Å². The van der Waals surface area contributed by atoms with Gasteiger partial charge in [-0.2, -0.15) is 0 Å². The molecule has 0 amide bonds. The summed E-state index contributed by atoms with van der Waals surface area (Å²) in [5.41, 5.74) is 0.200. The highest BCUT2D eigenvalue weighted by Gasteiger charge is 2.65. The van der Waals surface area contributed by atoms with Crippen LogP contribution in [-0.2, 0) is 33.3 Å². The van der Waals surface area contributed by atoms with E-state index in [9.17, 15) is 14.4 Å². The summed E-state index contributed by atoms with van der Waals surface area (Å²) in [5.74, 6) is -1.89. The summed E-state index contributed by atoms with van der Waals surface area (Å²) in [7, 11) is 0. The minimum atomic E-state index is -1.05. The summed E-state index contributed by atoms with van der Waals surface area (Å²) >= 11 is 0. The molecule has 3 heterocycles. The van der Waals surface area contributed by atoms with Crippen molar-refractivity contribution in [2.24, 2.45) is 5.92 Å². The van der Waals surface area contributed by atoms with E-state index in [4.69, 9.17) is 18.9 Å². The molecule has 114 valence electrons. The van der Waals surface area contributed by atoms with Crippen LogP contribution in [0.3, 0.4) is 0 Å². The molecule has 0 aromatic rings. The molecule has 3 aliphatic rings. The van der Waals surface area contributed by atoms with E-state index in [1.807, 2.05) is 0 Å². The Kier molecular flexibility index (Phi) is 3.24. The molecule has 7 heteroatoms. The van der Waals surface area contributed by atoms with Crippen molar-refractivity contribution >= 4 is 17.9 Å². The molecule has 0 aromatic heterocycles. The summed E-state index contributed by atoms with van der Waals surface area (Å²) in [6.45, 7) is 6.34. The van der Waals surface area contributed by atoms with Crippen LogP contribution in [0.5, 0.6) is 0 Å². The van der Waals surface area contributed by atoms with E-state index in [0.717, 1.165) is 0 Å². The van der Waals surface area contributed by atoms with Gasteiger partial charge in [-0.05, 0) is 20.3 Å². The molecule has 0 aliphatic carbocycles. The largest absolute Gasteiger partial charge is 0.455 e. The van der Waals surface area contributed by atoms with Crippen LogP contribution in [0.2, 0.25) is 0 Å². The third kappa shape index (κ3) is 2.21. The Balaban J connectivity index is 1.60. The number of ether oxygens (including phenoxy) is 4. The maximum absolute atomic E-state index is 12.0. The molecule has 0 saturated carbocycles. The van der Waals surface area contributed by atoms with Crippen LogP contribution in [0, 0.1) is 5.92 Å². The summed E-state index contributed by atoms with van der Waals surface area (Å²) < 4.78 is 21.0. The molecule has 3 fully saturated rings. The minimum absolute atomic E-state index is 0.200. The molecular formula is C14H16O7. The lowest BCUT2D eigenvalue weighted by Crippen LogP contribution is -2.42. The van der Waals surface area contributed by atoms with Crippen molar-refractivity contribution in [1.82, 2.24) is 0 Å². The van der Waals surface area contributed by atoms with Crippen LogP contribution in [0.1, 0.15) is 20.3 Å². The van der Waals surface area contributed by atoms with E-state index in [0.29, 0.717) is 6.42 Å². The quantitative estimate of drug-likeness (QED) is 0.413. The Hall–Kier alpha value is -1.89. The number of esters is 3. The third-order valence-corrected chi connectivity index (χ3v) is 4.00. The fraction of sp³-hybridized carbons (Fsp3) is 0.643. The maximum atomic E-state index is 12.0. The average molecular weight is 296 g/mol. The van der Waals surface area contributed by atoms with Crippen LogP contribution in [-0.4, -0.2) is 48.4 Å². The monoisotopic (exact) mass is 296 g/mol. The molecule has 7 nitrogen and oxygen atoms in total. The molecule has 0 radical (unpaired) electrons. The van der Waals surface area contributed by atoms with Crippen molar-refractivity contribution < 1.29 is 33.3 Å². The van der Waals surface area contributed by atoms with Gasteiger partial charge in [0.25, 0.3) is 0 Å². The number of carbonyl (C=O) groups is 3. The summed E-state index contributed by atoms with van der Waals surface area (Å²) in [4.78, 5) is 34.9. The van der Waals surface area contributed by atoms with E-state index >= 15 is 0 Å². The molecule has 2 bridgehead atoms. The van der Waals surface area contributed by atoms with Crippen LogP contribution in [0.25, 0.3) is 0 Å². The maximum Gasteiger partial charge on any atom is 0.347 e. The molecule has 0 N–H and O–H groups in total. The Bertz CT molecular complexity index is 525.